The van der Waals surface area contributed by atoms with Gasteiger partial charge in [0.1, 0.15) is 110 Å². The summed E-state index contributed by atoms with van der Waals surface area (Å²) in [4.78, 5) is 246. The Bertz CT molecular complexity index is 6620. The molecule has 13 rings (SSSR count). The molecule has 6 aliphatic rings. The van der Waals surface area contributed by atoms with Gasteiger partial charge >= 0.3 is 81.1 Å². The topological polar surface area (TPSA) is 768 Å². The maximum absolute atomic E-state index is 14.5. The number of hydrogen-bond acceptors (Lipinski definition) is 38. The number of aliphatic hydroxyl groups excluding tert-OH is 1. The highest BCUT2D eigenvalue weighted by atomic mass is 79.9. The first-order valence-electron chi connectivity index (χ1n) is 39.3. The fourth-order valence-electron chi connectivity index (χ4n) is 14.5. The molecule has 6 aromatic heterocycles. The van der Waals surface area contributed by atoms with E-state index in [0.717, 1.165) is 64.6 Å². The number of aromatic nitrogens is 12. The molecule has 1 amide bonds. The minimum Gasteiger partial charge on any atom is -0.404 e. The van der Waals surface area contributed by atoms with Crippen LogP contribution in [-0.2, 0) is 110 Å². The van der Waals surface area contributed by atoms with E-state index in [9.17, 15) is 124 Å². The van der Waals surface area contributed by atoms with Gasteiger partial charge in [-0.25, -0.2) is 56.2 Å². The minimum atomic E-state index is -5.77. The summed E-state index contributed by atoms with van der Waals surface area (Å²) in [6, 6.07) is 5.17. The SMILES string of the molecule is Cc1cn(C2CC(O)C(COP(=O)(O)OC3CC(n4cc(C)c(=O)[nH]c4=O)OC3COP(=O)(O)OC3CC(n4cc(C)c(=O)[nH]c4=O)OC3COP(=O)(O)OC3CC(n4cc(C)c(=O)[nH]c4=O)OC3COP(=O)(O)OC3CC(n4cc(C)c(=O)[nH]c4=O)OC3COP(=O)(O)OC3CC(n4cc(C)c(=O)[nH]c4=O)OC3COP(=O)(O)Oc3cccc(NC(=O)CBr)c3)O2)c(=O)[nH]c1=O. The highest BCUT2D eigenvalue weighted by Gasteiger charge is 2.52. The van der Waals surface area contributed by atoms with Gasteiger partial charge in [0, 0.05) is 121 Å². The van der Waals surface area contributed by atoms with Crippen LogP contribution in [-0.4, -0.2) is 216 Å². The standard InChI is InChI=1S/C68H86BrN13O44P6/c1-30-18-77(63(91)71-57(30)85)51-11-38(83)44(115-51)24-109-128(99,100)122-40-13-53(79-20-32(3)59(87)73-65(79)93)117-46(40)26-111-130(103,104)124-42-15-55(81-22-34(5)61(89)75-67(81)95)119-48(42)28-113-132(107,108)126-43-16-56(82-23-35(6)62(90)76-68(82)96)120-49(43)29-114-131(105,106)125-41-14-54(80-21-33(4)60(88)74-66(80)94)118-47(41)27-112-129(101,102)123-39-12-52(78-19-31(2)58(86)72-64(78)92)116-45(39)25-110-127(97,98)121-37-9-7-8-36(10-37)70-50(84)17-69/h7-10,18-23,38-49,51-56,83H,11-17,24-29H2,1-6H3,(H,70,84)(H,97,98)(H,99,100)(H,101,102)(H,103,104)(H,105,106)(H,107,108)(H,71,85,91)(H,72,86,92)(H,73,87,93)(H,74,88,94)(H,75,89,95)(H,76,90,96). The van der Waals surface area contributed by atoms with Crippen molar-refractivity contribution in [3.05, 3.63) is 220 Å². The fourth-order valence-corrected chi connectivity index (χ4v) is 20.2. The zero-order chi connectivity index (χ0) is 95.9. The van der Waals surface area contributed by atoms with Crippen molar-refractivity contribution in [2.45, 2.75) is 191 Å². The van der Waals surface area contributed by atoms with Crippen LogP contribution in [0.1, 0.15) is 109 Å². The molecule has 57 nitrogen and oxygen atoms in total. The van der Waals surface area contributed by atoms with Gasteiger partial charge in [0.15, 0.2) is 0 Å². The molecular weight excluding hydrogens is 1970 g/mol. The molecule has 0 bridgehead atoms. The molecule has 0 aliphatic carbocycles. The molecule has 132 heavy (non-hydrogen) atoms. The number of ether oxygens (including phenoxy) is 6. The predicted molar refractivity (Wildman–Crippen MR) is 442 cm³/mol. The fraction of sp³-hybridized carbons (Fsp3) is 0.544. The number of nitrogens with one attached hydrogen (secondary N) is 7. The van der Waals surface area contributed by atoms with E-state index in [1.54, 1.807) is 0 Å². The van der Waals surface area contributed by atoms with E-state index in [1.165, 1.54) is 65.8 Å². The van der Waals surface area contributed by atoms with Crippen LogP contribution in [0.4, 0.5) is 5.69 Å². The Kier molecular flexibility index (Phi) is 31.2. The van der Waals surface area contributed by atoms with Gasteiger partial charge < -0.3 is 67.8 Å². The van der Waals surface area contributed by atoms with Crippen LogP contribution in [0.3, 0.4) is 0 Å². The smallest absolute Gasteiger partial charge is 0.404 e. The Morgan fingerprint density at radius 3 is 0.826 bits per heavy atom. The number of halogens is 1. The molecule has 6 aliphatic heterocycles. The van der Waals surface area contributed by atoms with Crippen molar-refractivity contribution in [3.63, 3.8) is 0 Å². The number of hydrogen-bond donors (Lipinski definition) is 14. The van der Waals surface area contributed by atoms with Crippen LogP contribution in [0, 0.1) is 41.5 Å². The number of rotatable bonds is 38. The second-order valence-electron chi connectivity index (χ2n) is 30.7. The van der Waals surface area contributed by atoms with E-state index in [0.29, 0.717) is 0 Å². The molecule has 724 valence electrons. The molecule has 1 aromatic carbocycles. The average molecular weight is 2060 g/mol. The summed E-state index contributed by atoms with van der Waals surface area (Å²) in [6.07, 6.45) is -27.6. The number of carbonyl (C=O) groups is 1. The number of carbonyl (C=O) groups excluding carboxylic acids is 1. The molecule has 6 saturated heterocycles. The highest BCUT2D eigenvalue weighted by Crippen LogP contribution is 2.57. The van der Waals surface area contributed by atoms with Crippen LogP contribution in [0.2, 0.25) is 0 Å². The van der Waals surface area contributed by atoms with Gasteiger partial charge in [-0.3, -0.25) is 146 Å². The van der Waals surface area contributed by atoms with Crippen molar-refractivity contribution >= 4 is 74.5 Å². The first kappa shape index (κ1) is 101. The van der Waals surface area contributed by atoms with E-state index >= 15 is 0 Å². The summed E-state index contributed by atoms with van der Waals surface area (Å²) in [7, 11) is -33.4. The van der Waals surface area contributed by atoms with Crippen LogP contribution in [0.15, 0.2) is 119 Å². The Labute approximate surface area is 744 Å². The number of phosphoric acid groups is 6. The van der Waals surface area contributed by atoms with E-state index < -0.39 is 303 Å². The van der Waals surface area contributed by atoms with Crippen molar-refractivity contribution in [1.29, 1.82) is 0 Å². The third kappa shape index (κ3) is 25.0. The first-order chi connectivity index (χ1) is 61.8. The molecule has 14 N–H and O–H groups in total. The minimum absolute atomic E-state index is 0.0220. The van der Waals surface area contributed by atoms with E-state index in [2.05, 4.69) is 36.2 Å². The number of anilines is 1. The molecule has 64 heteroatoms. The van der Waals surface area contributed by atoms with Gasteiger partial charge in [-0.05, 0) is 53.7 Å². The molecule has 7 aromatic rings. The molecule has 24 atom stereocenters. The van der Waals surface area contributed by atoms with Crippen LogP contribution < -0.4 is 77.3 Å². The number of aliphatic hydroxyl groups is 1. The van der Waals surface area contributed by atoms with Crippen molar-refractivity contribution in [2.24, 2.45) is 0 Å². The number of phosphoric ester groups is 6. The first-order valence-corrected chi connectivity index (χ1v) is 49.4. The second kappa shape index (κ2) is 40.8. The van der Waals surface area contributed by atoms with Gasteiger partial charge in [0.2, 0.25) is 5.91 Å². The molecule has 0 radical (unpaired) electrons. The van der Waals surface area contributed by atoms with Gasteiger partial charge in [-0.2, -0.15) is 0 Å². The lowest BCUT2D eigenvalue weighted by atomic mass is 10.2. The third-order valence-corrected chi connectivity index (χ3v) is 27.5. The zero-order valence-electron chi connectivity index (χ0n) is 69.3. The average Bonchev–Trinajstić information content (AvgIpc) is 1.64. The number of nitrogens with zero attached hydrogens (tertiary/aromatic N) is 6. The molecule has 12 heterocycles. The zero-order valence-corrected chi connectivity index (χ0v) is 76.3. The maximum atomic E-state index is 14.5. The Morgan fingerprint density at radius 1 is 0.364 bits per heavy atom. The van der Waals surface area contributed by atoms with E-state index in [-0.39, 0.29) is 56.6 Å². The lowest BCUT2D eigenvalue weighted by molar-refractivity contribution is -0.113. The summed E-state index contributed by atoms with van der Waals surface area (Å²) in [5.41, 5.74) is -11.4. The highest BCUT2D eigenvalue weighted by molar-refractivity contribution is 9.09. The van der Waals surface area contributed by atoms with Gasteiger partial charge in [-0.15, -0.1) is 0 Å². The largest absolute Gasteiger partial charge is 0.527 e. The lowest BCUT2D eigenvalue weighted by Gasteiger charge is -2.26. The number of aromatic amines is 6. The number of H-pyrrole nitrogens is 6. The predicted octanol–water partition coefficient (Wildman–Crippen LogP) is -0.736. The molecule has 24 unspecified atom stereocenters. The number of amides is 1. The maximum Gasteiger partial charge on any atom is 0.527 e. The van der Waals surface area contributed by atoms with Crippen molar-refractivity contribution < 1.29 is 149 Å². The molecule has 6 fully saturated rings. The van der Waals surface area contributed by atoms with Crippen molar-refractivity contribution in [2.75, 3.05) is 50.3 Å². The third-order valence-electron chi connectivity index (χ3n) is 21.1. The van der Waals surface area contributed by atoms with Crippen molar-refractivity contribution in [3.8, 4) is 5.75 Å². The molecule has 0 saturated carbocycles. The van der Waals surface area contributed by atoms with Crippen LogP contribution >= 0.6 is 62.9 Å². The van der Waals surface area contributed by atoms with E-state index in [1.807, 2.05) is 15.0 Å². The summed E-state index contributed by atoms with van der Waals surface area (Å²) in [6.45, 7) is 1.08. The molecule has 0 spiro atoms. The molecular formula is C68H86BrN13O44P6. The summed E-state index contributed by atoms with van der Waals surface area (Å²) in [5, 5.41) is 13.2. The summed E-state index contributed by atoms with van der Waals surface area (Å²) < 4.78 is 190. The Hall–Kier alpha value is -8.53. The quantitative estimate of drug-likeness (QED) is 0.0167. The number of alkyl halides is 1. The lowest BCUT2D eigenvalue weighted by Crippen LogP contribution is -2.33. The van der Waals surface area contributed by atoms with Gasteiger partial charge in [0.05, 0.1) is 51.1 Å². The van der Waals surface area contributed by atoms with Crippen LogP contribution in [0.25, 0.3) is 0 Å². The monoisotopic (exact) mass is 2050 g/mol. The van der Waals surface area contributed by atoms with E-state index in [4.69, 9.17) is 82.7 Å². The Balaban J connectivity index is 0.700. The summed E-state index contributed by atoms with van der Waals surface area (Å²) in [5.74, 6) is -0.792. The van der Waals surface area contributed by atoms with Crippen molar-refractivity contribution in [1.82, 2.24) is 57.3 Å². The Morgan fingerprint density at radius 2 is 0.583 bits per heavy atom. The number of aryl methyl sites for hydroxylation is 6. The van der Waals surface area contributed by atoms with Crippen LogP contribution in [0.5, 0.6) is 5.75 Å². The second-order valence-corrected chi connectivity index (χ2v) is 39.7. The van der Waals surface area contributed by atoms with Gasteiger partial charge in [-0.1, -0.05) is 22.0 Å². The normalized spacial score (nSPS) is 28.3. The number of benzene rings is 1. The summed E-state index contributed by atoms with van der Waals surface area (Å²) >= 11 is 3.00. The van der Waals surface area contributed by atoms with Gasteiger partial charge in [0.25, 0.3) is 33.4 Å².